The van der Waals surface area contributed by atoms with Crippen molar-refractivity contribution in [1.29, 1.82) is 0 Å². The van der Waals surface area contributed by atoms with Crippen LogP contribution in [0.3, 0.4) is 0 Å². The summed E-state index contributed by atoms with van der Waals surface area (Å²) in [6.45, 7) is 6.70. The summed E-state index contributed by atoms with van der Waals surface area (Å²) in [6.07, 6.45) is 0. The topological polar surface area (TPSA) is 0 Å². The Balaban J connectivity index is 0.00000100. The Morgan fingerprint density at radius 2 is 0.792 bits per heavy atom. The summed E-state index contributed by atoms with van der Waals surface area (Å²) in [5, 5.41) is 4.49. The second-order valence-electron chi connectivity index (χ2n) is 5.82. The van der Waals surface area contributed by atoms with Crippen molar-refractivity contribution in [2.45, 2.75) is 20.8 Å². The molecular weight excluding hydrogens is 560 g/mol. The molecule has 3 aromatic carbocycles. The third-order valence-electron chi connectivity index (χ3n) is 4.24. The molecule has 0 aliphatic heterocycles. The molecule has 0 heterocycles. The van der Waals surface area contributed by atoms with Gasteiger partial charge < -0.3 is 0 Å². The predicted octanol–water partition coefficient (Wildman–Crippen LogP) is 4.95. The summed E-state index contributed by atoms with van der Waals surface area (Å²) < 4.78 is 0. The van der Waals surface area contributed by atoms with Gasteiger partial charge in [0.1, 0.15) is 15.9 Å². The quantitative estimate of drug-likeness (QED) is 0.303. The van der Waals surface area contributed by atoms with Gasteiger partial charge in [0.05, 0.1) is 7.92 Å². The fourth-order valence-corrected chi connectivity index (χ4v) is 6.09. The SMILES string of the molecule is Cc1ccccc1[PH+](c1ccccc1C)c1ccccc1C.[Br][Au]. The summed E-state index contributed by atoms with van der Waals surface area (Å²) in [5.41, 5.74) is 4.17. The van der Waals surface area contributed by atoms with Crippen molar-refractivity contribution in [1.82, 2.24) is 0 Å². The number of benzene rings is 3. The van der Waals surface area contributed by atoms with E-state index in [2.05, 4.69) is 126 Å². The molecule has 0 amide bonds. The van der Waals surface area contributed by atoms with Gasteiger partial charge in [0, 0.05) is 0 Å². The molecule has 0 saturated heterocycles. The molecular formula is C21H22AuBrP+. The van der Waals surface area contributed by atoms with Crippen molar-refractivity contribution < 1.29 is 18.9 Å². The van der Waals surface area contributed by atoms with Gasteiger partial charge in [0.2, 0.25) is 0 Å². The molecule has 0 aliphatic carbocycles. The van der Waals surface area contributed by atoms with Crippen molar-refractivity contribution in [3.8, 4) is 0 Å². The molecule has 0 radical (unpaired) electrons. The maximum atomic E-state index is 2.88. The third-order valence-corrected chi connectivity index (χ3v) is 7.54. The molecule has 0 atom stereocenters. The van der Waals surface area contributed by atoms with Gasteiger partial charge in [-0.15, -0.1) is 0 Å². The van der Waals surface area contributed by atoms with Crippen LogP contribution in [0.1, 0.15) is 16.7 Å². The van der Waals surface area contributed by atoms with E-state index in [0.29, 0.717) is 0 Å². The van der Waals surface area contributed by atoms with Crippen molar-refractivity contribution in [3.05, 3.63) is 89.5 Å². The van der Waals surface area contributed by atoms with E-state index in [1.807, 2.05) is 0 Å². The van der Waals surface area contributed by atoms with E-state index in [1.54, 1.807) is 0 Å². The molecule has 0 aliphatic rings. The summed E-state index contributed by atoms with van der Waals surface area (Å²) in [5.74, 6) is 0. The standard InChI is InChI=1S/C21H21P.Au.BrH/c1-16-10-4-7-13-19(16)22(20-14-8-5-11-17(20)2)21-15-9-6-12-18(21)3;;/h4-15H,1-3H3;;1H/q;+1;. The molecule has 3 rings (SSSR count). The normalized spacial score (nSPS) is 10.3. The van der Waals surface area contributed by atoms with E-state index in [1.165, 1.54) is 32.6 Å². The van der Waals surface area contributed by atoms with E-state index < -0.39 is 7.92 Å². The zero-order valence-corrected chi connectivity index (χ0v) is 18.9. The van der Waals surface area contributed by atoms with Crippen LogP contribution < -0.4 is 15.9 Å². The van der Waals surface area contributed by atoms with Crippen LogP contribution in [0.2, 0.25) is 0 Å². The van der Waals surface area contributed by atoms with Crippen LogP contribution >= 0.6 is 20.9 Å². The molecule has 0 nitrogen and oxygen atoms in total. The summed E-state index contributed by atoms with van der Waals surface area (Å²) in [6, 6.07) is 26.5. The van der Waals surface area contributed by atoms with Gasteiger partial charge in [-0.05, 0) is 55.7 Å². The van der Waals surface area contributed by atoms with Crippen LogP contribution in [-0.4, -0.2) is 0 Å². The first-order chi connectivity index (χ1) is 11.7. The molecule has 3 heteroatoms. The van der Waals surface area contributed by atoms with E-state index in [0.717, 1.165) is 0 Å². The molecule has 0 aromatic heterocycles. The number of hydrogen-bond donors (Lipinski definition) is 0. The third kappa shape index (κ3) is 4.48. The molecule has 0 saturated carbocycles. The maximum absolute atomic E-state index is 2.88. The average molecular weight is 582 g/mol. The van der Waals surface area contributed by atoms with E-state index >= 15 is 0 Å². The van der Waals surface area contributed by atoms with Gasteiger partial charge in [-0.2, -0.15) is 0 Å². The minimum atomic E-state index is -0.968. The van der Waals surface area contributed by atoms with Gasteiger partial charge in [-0.1, -0.05) is 54.6 Å². The predicted molar refractivity (Wildman–Crippen MR) is 110 cm³/mol. The Kier molecular flexibility index (Phi) is 7.94. The summed E-state index contributed by atoms with van der Waals surface area (Å²) in [4.78, 5) is 0. The first-order valence-electron chi connectivity index (χ1n) is 7.85. The second-order valence-corrected chi connectivity index (χ2v) is 8.19. The van der Waals surface area contributed by atoms with Crippen LogP contribution in [0.5, 0.6) is 0 Å². The average Bonchev–Trinajstić information content (AvgIpc) is 2.61. The Morgan fingerprint density at radius 3 is 1.04 bits per heavy atom. The van der Waals surface area contributed by atoms with Crippen molar-refractivity contribution in [2.24, 2.45) is 0 Å². The van der Waals surface area contributed by atoms with Crippen LogP contribution in [0, 0.1) is 20.8 Å². The first-order valence-corrected chi connectivity index (χ1v) is 14.1. The Bertz CT molecular complexity index is 693. The van der Waals surface area contributed by atoms with Crippen LogP contribution in [0.25, 0.3) is 0 Å². The Hall–Kier alpha value is -0.690. The van der Waals surface area contributed by atoms with Crippen molar-refractivity contribution in [3.63, 3.8) is 0 Å². The van der Waals surface area contributed by atoms with Crippen LogP contribution in [-0.2, 0) is 18.9 Å². The molecule has 0 N–H and O–H groups in total. The number of rotatable bonds is 3. The Labute approximate surface area is 165 Å². The first kappa shape index (κ1) is 19.6. The van der Waals surface area contributed by atoms with Crippen LogP contribution in [0.15, 0.2) is 72.8 Å². The molecule has 24 heavy (non-hydrogen) atoms. The molecule has 0 fully saturated rings. The fourth-order valence-electron chi connectivity index (χ4n) is 3.00. The number of aryl methyl sites for hydroxylation is 3. The van der Waals surface area contributed by atoms with E-state index in [-0.39, 0.29) is 0 Å². The molecule has 0 spiro atoms. The Morgan fingerprint density at radius 1 is 0.542 bits per heavy atom. The number of halogens is 1. The molecule has 128 valence electrons. The van der Waals surface area contributed by atoms with Gasteiger partial charge in [-0.25, -0.2) is 0 Å². The number of hydrogen-bond acceptors (Lipinski definition) is 0. The van der Waals surface area contributed by atoms with Crippen molar-refractivity contribution >= 4 is 36.9 Å². The minimum absolute atomic E-state index is 0.968. The zero-order chi connectivity index (χ0) is 17.5. The van der Waals surface area contributed by atoms with E-state index in [9.17, 15) is 0 Å². The monoisotopic (exact) mass is 581 g/mol. The van der Waals surface area contributed by atoms with Gasteiger partial charge >= 0.3 is 32.0 Å². The second kappa shape index (κ2) is 9.71. The molecule has 3 aromatic rings. The molecule has 0 bridgehead atoms. The summed E-state index contributed by atoms with van der Waals surface area (Å²) >= 11 is 4.97. The van der Waals surface area contributed by atoms with Crippen molar-refractivity contribution in [2.75, 3.05) is 0 Å². The van der Waals surface area contributed by atoms with Gasteiger partial charge in [0.15, 0.2) is 0 Å². The van der Waals surface area contributed by atoms with Gasteiger partial charge in [0.25, 0.3) is 0 Å². The van der Waals surface area contributed by atoms with Gasteiger partial charge in [-0.3, -0.25) is 0 Å². The van der Waals surface area contributed by atoms with E-state index in [4.69, 9.17) is 0 Å². The zero-order valence-electron chi connectivity index (χ0n) is 14.1. The summed E-state index contributed by atoms with van der Waals surface area (Å²) in [7, 11) is -0.968. The van der Waals surface area contributed by atoms with Crippen LogP contribution in [0.4, 0.5) is 0 Å². The molecule has 0 unspecified atom stereocenters. The fraction of sp³-hybridized carbons (Fsp3) is 0.143.